The maximum atomic E-state index is 13.0. The number of alkyl halides is 3. The molecular formula is C32H28F3N5O5S2. The smallest absolute Gasteiger partial charge is 0.497 e. The number of amides is 1. The van der Waals surface area contributed by atoms with E-state index in [4.69, 9.17) is 17.0 Å². The third-order valence-electron chi connectivity index (χ3n) is 7.16. The molecule has 47 heavy (non-hydrogen) atoms. The lowest BCUT2D eigenvalue weighted by molar-refractivity contribution is -0.274. The Labute approximate surface area is 277 Å². The lowest BCUT2D eigenvalue weighted by atomic mass is 9.95. The van der Waals surface area contributed by atoms with Crippen LogP contribution in [-0.2, 0) is 9.59 Å². The number of anilines is 1. The molecule has 1 fully saturated rings. The van der Waals surface area contributed by atoms with Crippen molar-refractivity contribution in [3.8, 4) is 28.6 Å². The number of hydrogen-bond acceptors (Lipinski definition) is 8. The Hall–Kier alpha value is -4.76. The summed E-state index contributed by atoms with van der Waals surface area (Å²) in [6.45, 7) is 4.04. The summed E-state index contributed by atoms with van der Waals surface area (Å²) < 4.78 is 48.0. The quantitative estimate of drug-likeness (QED) is 0.177. The molecule has 4 aromatic rings. The molecule has 1 atom stereocenters. The van der Waals surface area contributed by atoms with Gasteiger partial charge in [-0.3, -0.25) is 14.5 Å². The fraction of sp³-hybridized carbons (Fsp3) is 0.250. The maximum Gasteiger partial charge on any atom is 0.573 e. The lowest BCUT2D eigenvalue weighted by Gasteiger charge is -2.22. The van der Waals surface area contributed by atoms with Crippen LogP contribution in [0.2, 0.25) is 0 Å². The van der Waals surface area contributed by atoms with Crippen molar-refractivity contribution in [2.45, 2.75) is 38.5 Å². The highest BCUT2D eigenvalue weighted by Gasteiger charge is 2.33. The van der Waals surface area contributed by atoms with E-state index in [-0.39, 0.29) is 34.7 Å². The number of aliphatic imine (C=N–C) groups is 1. The van der Waals surface area contributed by atoms with Crippen LogP contribution in [0, 0.1) is 0 Å². The molecule has 1 aliphatic heterocycles. The number of carboxylic acids is 1. The van der Waals surface area contributed by atoms with Crippen LogP contribution in [-0.4, -0.2) is 61.1 Å². The van der Waals surface area contributed by atoms with Crippen LogP contribution in [0.15, 0.2) is 78.0 Å². The van der Waals surface area contributed by atoms with Crippen molar-refractivity contribution in [2.24, 2.45) is 4.99 Å². The van der Waals surface area contributed by atoms with E-state index in [1.165, 1.54) is 51.9 Å². The number of carbonyl (C=O) groups excluding carboxylic acids is 1. The van der Waals surface area contributed by atoms with Gasteiger partial charge in [0.25, 0.3) is 0 Å². The first-order valence-electron chi connectivity index (χ1n) is 14.2. The first-order valence-corrected chi connectivity index (χ1v) is 15.6. The summed E-state index contributed by atoms with van der Waals surface area (Å²) in [6.07, 6.45) is -3.46. The van der Waals surface area contributed by atoms with E-state index < -0.39 is 18.2 Å². The van der Waals surface area contributed by atoms with Gasteiger partial charge in [0.05, 0.1) is 30.2 Å². The Morgan fingerprint density at radius 3 is 2.38 bits per heavy atom. The van der Waals surface area contributed by atoms with Crippen LogP contribution in [0.5, 0.6) is 11.5 Å². The number of methoxy groups -OCH3 is 1. The number of hydrogen-bond donors (Lipinski definition) is 1. The molecule has 1 aliphatic rings. The largest absolute Gasteiger partial charge is 0.573 e. The Bertz CT molecular complexity index is 1830. The van der Waals surface area contributed by atoms with Gasteiger partial charge >= 0.3 is 12.3 Å². The molecule has 0 saturated carbocycles. The number of amidine groups is 1. The first-order chi connectivity index (χ1) is 22.3. The molecule has 1 saturated heterocycles. The summed E-state index contributed by atoms with van der Waals surface area (Å²) in [5, 5.41) is 14.8. The SMILES string of the molecule is COc1ccc(C(C)C)c(N2C(=O)CSC2=NC(=S)CC(C(=O)O)c2ccc(-c3ncn(-c4ccc(OC(F)(F)F)cc4)n3)cc2)c1. The van der Waals surface area contributed by atoms with E-state index in [1.54, 1.807) is 37.4 Å². The van der Waals surface area contributed by atoms with Crippen molar-refractivity contribution in [3.05, 3.63) is 84.2 Å². The number of ether oxygens (including phenoxy) is 2. The molecule has 5 rings (SSSR count). The molecule has 1 unspecified atom stereocenters. The molecule has 244 valence electrons. The van der Waals surface area contributed by atoms with Gasteiger partial charge in [-0.05, 0) is 47.4 Å². The molecule has 2 heterocycles. The van der Waals surface area contributed by atoms with E-state index in [2.05, 4.69) is 19.8 Å². The van der Waals surface area contributed by atoms with Crippen molar-refractivity contribution < 1.29 is 37.3 Å². The summed E-state index contributed by atoms with van der Waals surface area (Å²) in [6, 6.07) is 17.3. The summed E-state index contributed by atoms with van der Waals surface area (Å²) in [5.74, 6) is -1.45. The minimum atomic E-state index is -4.79. The molecule has 1 N–H and O–H groups in total. The zero-order chi connectivity index (χ0) is 33.9. The number of carbonyl (C=O) groups is 2. The first kappa shape index (κ1) is 33.6. The Balaban J connectivity index is 1.31. The molecule has 1 amide bonds. The number of halogens is 3. The summed E-state index contributed by atoms with van der Waals surface area (Å²) in [5.41, 5.74) is 3.10. The molecule has 0 spiro atoms. The van der Waals surface area contributed by atoms with Gasteiger partial charge in [-0.2, -0.15) is 0 Å². The molecular weight excluding hydrogens is 656 g/mol. The van der Waals surface area contributed by atoms with E-state index in [1.807, 2.05) is 26.0 Å². The number of aromatic nitrogens is 3. The molecule has 0 bridgehead atoms. The van der Waals surface area contributed by atoms with Gasteiger partial charge in [0, 0.05) is 18.1 Å². The number of nitrogens with zero attached hydrogens (tertiary/aromatic N) is 5. The van der Waals surface area contributed by atoms with Crippen LogP contribution >= 0.6 is 24.0 Å². The zero-order valence-electron chi connectivity index (χ0n) is 25.3. The van der Waals surface area contributed by atoms with Gasteiger partial charge in [0.1, 0.15) is 22.8 Å². The lowest BCUT2D eigenvalue weighted by Crippen LogP contribution is -2.31. The van der Waals surface area contributed by atoms with Gasteiger partial charge < -0.3 is 14.6 Å². The van der Waals surface area contributed by atoms with Crippen LogP contribution in [0.1, 0.15) is 43.2 Å². The van der Waals surface area contributed by atoms with Gasteiger partial charge in [-0.1, -0.05) is 68.2 Å². The highest BCUT2D eigenvalue weighted by Crippen LogP contribution is 2.36. The van der Waals surface area contributed by atoms with Crippen LogP contribution in [0.3, 0.4) is 0 Å². The Morgan fingerprint density at radius 1 is 1.09 bits per heavy atom. The van der Waals surface area contributed by atoms with E-state index in [0.29, 0.717) is 39.2 Å². The second-order valence-electron chi connectivity index (χ2n) is 10.7. The van der Waals surface area contributed by atoms with Crippen LogP contribution < -0.4 is 14.4 Å². The van der Waals surface area contributed by atoms with Crippen molar-refractivity contribution >= 4 is 51.7 Å². The van der Waals surface area contributed by atoms with Crippen molar-refractivity contribution in [3.63, 3.8) is 0 Å². The number of thioether (sulfide) groups is 1. The van der Waals surface area contributed by atoms with Crippen LogP contribution in [0.4, 0.5) is 18.9 Å². The molecule has 10 nitrogen and oxygen atoms in total. The average molecular weight is 684 g/mol. The fourth-order valence-corrected chi connectivity index (χ4v) is 6.07. The third-order valence-corrected chi connectivity index (χ3v) is 8.34. The molecule has 15 heteroatoms. The molecule has 1 aromatic heterocycles. The number of aliphatic carboxylic acids is 1. The highest BCUT2D eigenvalue weighted by molar-refractivity contribution is 8.15. The summed E-state index contributed by atoms with van der Waals surface area (Å²) in [7, 11) is 1.54. The molecule has 3 aromatic carbocycles. The standard InChI is InChI=1S/C32H28F3N5O5S2/c1-18(2)24-13-12-23(44-3)14-26(24)40-28(41)16-47-31(40)37-27(46)15-25(30(42)43)19-4-6-20(7-5-19)29-36-17-39(38-29)21-8-10-22(11-9-21)45-32(33,34)35/h4-14,17-18,25H,15-16H2,1-3H3,(H,42,43). The zero-order valence-corrected chi connectivity index (χ0v) is 26.9. The van der Waals surface area contributed by atoms with Crippen molar-refractivity contribution in [2.75, 3.05) is 17.8 Å². The van der Waals surface area contributed by atoms with Gasteiger partial charge in [0.2, 0.25) is 5.91 Å². The fourth-order valence-electron chi connectivity index (χ4n) is 4.87. The number of benzene rings is 3. The minimum absolute atomic E-state index is 0.0772. The number of thiocarbonyl (C=S) groups is 1. The van der Waals surface area contributed by atoms with Crippen LogP contribution in [0.25, 0.3) is 17.1 Å². The minimum Gasteiger partial charge on any atom is -0.497 e. The van der Waals surface area contributed by atoms with E-state index in [9.17, 15) is 27.9 Å². The average Bonchev–Trinajstić information content (AvgIpc) is 3.66. The van der Waals surface area contributed by atoms with Crippen molar-refractivity contribution in [1.82, 2.24) is 14.8 Å². The maximum absolute atomic E-state index is 13.0. The second kappa shape index (κ2) is 13.9. The van der Waals surface area contributed by atoms with E-state index >= 15 is 0 Å². The molecule has 0 radical (unpaired) electrons. The summed E-state index contributed by atoms with van der Waals surface area (Å²) >= 11 is 6.77. The monoisotopic (exact) mass is 683 g/mol. The van der Waals surface area contributed by atoms with Crippen molar-refractivity contribution in [1.29, 1.82) is 0 Å². The topological polar surface area (TPSA) is 119 Å². The van der Waals surface area contributed by atoms with Gasteiger partial charge in [-0.15, -0.1) is 18.3 Å². The molecule has 0 aliphatic carbocycles. The third kappa shape index (κ3) is 7.97. The summed E-state index contributed by atoms with van der Waals surface area (Å²) in [4.78, 5) is 35.7. The highest BCUT2D eigenvalue weighted by atomic mass is 32.2. The number of rotatable bonds is 10. The second-order valence-corrected chi connectivity index (χ2v) is 12.1. The normalized spacial score (nSPS) is 14.9. The van der Waals surface area contributed by atoms with Gasteiger partial charge in [-0.25, -0.2) is 14.7 Å². The Morgan fingerprint density at radius 2 is 1.77 bits per heavy atom. The number of carboxylic acid groups (broad SMARTS) is 1. The van der Waals surface area contributed by atoms with E-state index in [0.717, 1.165) is 5.56 Å². The predicted molar refractivity (Wildman–Crippen MR) is 176 cm³/mol. The Kier molecular flexibility index (Phi) is 9.96. The predicted octanol–water partition coefficient (Wildman–Crippen LogP) is 6.99. The van der Waals surface area contributed by atoms with Gasteiger partial charge in [0.15, 0.2) is 11.0 Å².